The van der Waals surface area contributed by atoms with Gasteiger partial charge >= 0.3 is 72.5 Å². The maximum absolute atomic E-state index is 2.18. The van der Waals surface area contributed by atoms with E-state index in [1.807, 2.05) is 13.8 Å². The van der Waals surface area contributed by atoms with Gasteiger partial charge in [0, 0.05) is 0 Å². The Balaban J connectivity index is 0.000000561. The Kier molecular flexibility index (Phi) is 6.19. The van der Waals surface area contributed by atoms with Gasteiger partial charge in [-0.15, -0.1) is 0 Å². The van der Waals surface area contributed by atoms with E-state index >= 15 is 0 Å². The molecule has 1 aromatic carbocycles. The molecule has 0 aliphatic rings. The Hall–Kier alpha value is -0.222. The second kappa shape index (κ2) is 6.31. The standard InChI is InChI=1S/C9H10.C2H6.W/c1-3-9-7-5-4-6-8(9)2;1-2;/h4-7H,1-2H3;1-2H3;. The summed E-state index contributed by atoms with van der Waals surface area (Å²) in [6.07, 6.45) is 0. The van der Waals surface area contributed by atoms with E-state index in [1.165, 1.54) is 15.0 Å². The summed E-state index contributed by atoms with van der Waals surface area (Å²) in [5.74, 6) is 0. The molecule has 0 radical (unpaired) electrons. The summed E-state index contributed by atoms with van der Waals surface area (Å²) >= 11 is 1.56. The zero-order chi connectivity index (χ0) is 9.56. The van der Waals surface area contributed by atoms with Crippen LogP contribution in [0, 0.1) is 6.92 Å². The maximum atomic E-state index is 2.18. The predicted molar refractivity (Wildman–Crippen MR) is 52.3 cm³/mol. The van der Waals surface area contributed by atoms with Crippen LogP contribution < -0.4 is 0 Å². The molecule has 0 atom stereocenters. The van der Waals surface area contributed by atoms with Crippen LogP contribution in [0.1, 0.15) is 31.9 Å². The SMILES string of the molecule is CC.C[C](=[W])c1ccccc1C. The fraction of sp³-hybridized carbons (Fsp3) is 0.364. The van der Waals surface area contributed by atoms with Crippen LogP contribution >= 0.6 is 0 Å². The van der Waals surface area contributed by atoms with Crippen molar-refractivity contribution in [3.63, 3.8) is 0 Å². The molecule has 0 aliphatic carbocycles. The fourth-order valence-corrected chi connectivity index (χ4v) is 1.79. The van der Waals surface area contributed by atoms with Gasteiger partial charge < -0.3 is 0 Å². The molecule has 0 saturated heterocycles. The Morgan fingerprint density at radius 3 is 2.00 bits per heavy atom. The average Bonchev–Trinajstić information content (AvgIpc) is 2.08. The zero-order valence-corrected chi connectivity index (χ0v) is 11.2. The number of benzene rings is 1. The zero-order valence-electron chi connectivity index (χ0n) is 8.22. The Bertz CT molecular complexity index is 251. The molecule has 0 spiro atoms. The number of rotatable bonds is 1. The minimum absolute atomic E-state index is 1.38. The van der Waals surface area contributed by atoms with Gasteiger partial charge in [-0.2, -0.15) is 0 Å². The van der Waals surface area contributed by atoms with Gasteiger partial charge in [0.25, 0.3) is 0 Å². The van der Waals surface area contributed by atoms with Crippen molar-refractivity contribution >= 4 is 3.90 Å². The third-order valence-corrected chi connectivity index (χ3v) is 2.31. The van der Waals surface area contributed by atoms with Gasteiger partial charge in [-0.05, 0) is 0 Å². The van der Waals surface area contributed by atoms with Crippen LogP contribution in [0.25, 0.3) is 0 Å². The minimum atomic E-state index is 1.38. The third kappa shape index (κ3) is 3.45. The molecule has 0 saturated carbocycles. The van der Waals surface area contributed by atoms with Crippen molar-refractivity contribution in [3.05, 3.63) is 35.4 Å². The summed E-state index contributed by atoms with van der Waals surface area (Å²) in [4.78, 5) is 0. The molecule has 1 aromatic rings. The first-order valence-electron chi connectivity index (χ1n) is 4.28. The van der Waals surface area contributed by atoms with Crippen molar-refractivity contribution in [1.29, 1.82) is 0 Å². The fourth-order valence-electron chi connectivity index (χ4n) is 0.968. The van der Waals surface area contributed by atoms with Crippen LogP contribution in [-0.4, -0.2) is 3.90 Å². The van der Waals surface area contributed by atoms with Gasteiger partial charge in [-0.25, -0.2) is 0 Å². The van der Waals surface area contributed by atoms with Gasteiger partial charge in [0.15, 0.2) is 0 Å². The summed E-state index contributed by atoms with van der Waals surface area (Å²) in [6.45, 7) is 8.33. The van der Waals surface area contributed by atoms with Crippen molar-refractivity contribution in [3.8, 4) is 0 Å². The molecule has 0 N–H and O–H groups in total. The van der Waals surface area contributed by atoms with Crippen molar-refractivity contribution in [1.82, 2.24) is 0 Å². The number of hydrogen-bond acceptors (Lipinski definition) is 0. The second-order valence-corrected chi connectivity index (χ2v) is 4.57. The van der Waals surface area contributed by atoms with Crippen LogP contribution in [0.5, 0.6) is 0 Å². The molecule has 0 unspecified atom stereocenters. The summed E-state index contributed by atoms with van der Waals surface area (Å²) in [5, 5.41) is 0. The Morgan fingerprint density at radius 2 is 1.67 bits per heavy atom. The van der Waals surface area contributed by atoms with Gasteiger partial charge in [-0.1, -0.05) is 13.8 Å². The van der Waals surface area contributed by atoms with Gasteiger partial charge in [0.1, 0.15) is 0 Å². The van der Waals surface area contributed by atoms with E-state index in [0.717, 1.165) is 0 Å². The number of hydrogen-bond donors (Lipinski definition) is 0. The van der Waals surface area contributed by atoms with E-state index in [9.17, 15) is 0 Å². The van der Waals surface area contributed by atoms with E-state index in [4.69, 9.17) is 0 Å². The van der Waals surface area contributed by atoms with Crippen LogP contribution in [-0.2, 0) is 19.4 Å². The molecule has 0 amide bonds. The van der Waals surface area contributed by atoms with E-state index in [1.54, 1.807) is 19.4 Å². The van der Waals surface area contributed by atoms with E-state index < -0.39 is 0 Å². The van der Waals surface area contributed by atoms with Crippen LogP contribution in [0.3, 0.4) is 0 Å². The summed E-state index contributed by atoms with van der Waals surface area (Å²) in [7, 11) is 0. The van der Waals surface area contributed by atoms with E-state index in [0.29, 0.717) is 0 Å². The summed E-state index contributed by atoms with van der Waals surface area (Å²) in [5.41, 5.74) is 2.80. The normalized spacial score (nSPS) is 8.33. The predicted octanol–water partition coefficient (Wildman–Crippen LogP) is 3.11. The van der Waals surface area contributed by atoms with Gasteiger partial charge in [0.2, 0.25) is 0 Å². The van der Waals surface area contributed by atoms with Crippen LogP contribution in [0.15, 0.2) is 24.3 Å². The van der Waals surface area contributed by atoms with Crippen molar-refractivity contribution in [2.45, 2.75) is 27.7 Å². The molecule has 12 heavy (non-hydrogen) atoms. The molecule has 0 aromatic heterocycles. The monoisotopic (exact) mass is 332 g/mol. The molecular formula is C11H16W. The van der Waals surface area contributed by atoms with Crippen molar-refractivity contribution < 1.29 is 19.4 Å². The summed E-state index contributed by atoms with van der Waals surface area (Å²) in [6, 6.07) is 8.51. The molecule has 1 rings (SSSR count). The van der Waals surface area contributed by atoms with Gasteiger partial charge in [0.05, 0.1) is 0 Å². The molecular weight excluding hydrogens is 316 g/mol. The van der Waals surface area contributed by atoms with E-state index in [-0.39, 0.29) is 0 Å². The third-order valence-electron chi connectivity index (χ3n) is 1.52. The molecule has 0 bridgehead atoms. The number of aryl methyl sites for hydroxylation is 1. The van der Waals surface area contributed by atoms with Crippen molar-refractivity contribution in [2.75, 3.05) is 0 Å². The summed E-state index contributed by atoms with van der Waals surface area (Å²) < 4.78 is 1.47. The van der Waals surface area contributed by atoms with Crippen molar-refractivity contribution in [2.24, 2.45) is 0 Å². The molecule has 0 fully saturated rings. The van der Waals surface area contributed by atoms with Gasteiger partial charge in [-0.3, -0.25) is 0 Å². The molecule has 66 valence electrons. The quantitative estimate of drug-likeness (QED) is 0.741. The van der Waals surface area contributed by atoms with E-state index in [2.05, 4.69) is 38.1 Å². The molecule has 1 heteroatoms. The first kappa shape index (κ1) is 11.8. The topological polar surface area (TPSA) is 0 Å². The van der Waals surface area contributed by atoms with Crippen LogP contribution in [0.2, 0.25) is 0 Å². The first-order chi connectivity index (χ1) is 5.72. The Morgan fingerprint density at radius 1 is 1.17 bits per heavy atom. The second-order valence-electron chi connectivity index (χ2n) is 2.37. The molecule has 0 heterocycles. The molecule has 0 nitrogen and oxygen atoms in total. The average molecular weight is 332 g/mol. The molecule has 0 aliphatic heterocycles. The van der Waals surface area contributed by atoms with Crippen LogP contribution in [0.4, 0.5) is 0 Å². The first-order valence-corrected chi connectivity index (χ1v) is 5.75. The Labute approximate surface area is 86.4 Å².